The van der Waals surface area contributed by atoms with E-state index in [-0.39, 0.29) is 23.8 Å². The van der Waals surface area contributed by atoms with Gasteiger partial charge in [0.25, 0.3) is 0 Å². The predicted octanol–water partition coefficient (Wildman–Crippen LogP) is 2.31. The fourth-order valence-electron chi connectivity index (χ4n) is 4.48. The van der Waals surface area contributed by atoms with Gasteiger partial charge in [0.2, 0.25) is 11.8 Å². The van der Waals surface area contributed by atoms with Crippen LogP contribution in [-0.2, 0) is 16.0 Å². The fraction of sp³-hybridized carbons (Fsp3) is 0.636. The maximum Gasteiger partial charge on any atom is 0.239 e. The molecule has 1 aromatic rings. The Hall–Kier alpha value is -1.88. The highest BCUT2D eigenvalue weighted by Crippen LogP contribution is 2.24. The van der Waals surface area contributed by atoms with Gasteiger partial charge in [0, 0.05) is 26.1 Å². The molecule has 27 heavy (non-hydrogen) atoms. The van der Waals surface area contributed by atoms with Crippen LogP contribution in [0.5, 0.6) is 0 Å². The van der Waals surface area contributed by atoms with Crippen molar-refractivity contribution in [2.45, 2.75) is 45.1 Å². The van der Waals surface area contributed by atoms with E-state index in [4.69, 9.17) is 0 Å². The average molecular weight is 372 g/mol. The third-order valence-electron chi connectivity index (χ3n) is 6.35. The number of piperidine rings is 2. The van der Waals surface area contributed by atoms with Gasteiger partial charge in [0.15, 0.2) is 0 Å². The first-order valence-electron chi connectivity index (χ1n) is 10.4. The first-order chi connectivity index (χ1) is 13.1. The van der Waals surface area contributed by atoms with Crippen molar-refractivity contribution in [2.24, 2.45) is 11.8 Å². The molecule has 0 aromatic heterocycles. The van der Waals surface area contributed by atoms with Crippen molar-refractivity contribution >= 4 is 11.8 Å². The molecule has 0 aliphatic carbocycles. The zero-order chi connectivity index (χ0) is 19.2. The van der Waals surface area contributed by atoms with Crippen LogP contribution >= 0.6 is 0 Å². The highest BCUT2D eigenvalue weighted by Gasteiger charge is 2.32. The predicted molar refractivity (Wildman–Crippen MR) is 107 cm³/mol. The minimum Gasteiger partial charge on any atom is -0.359 e. The lowest BCUT2D eigenvalue weighted by molar-refractivity contribution is -0.138. The van der Waals surface area contributed by atoms with Crippen molar-refractivity contribution in [2.75, 3.05) is 33.2 Å². The van der Waals surface area contributed by atoms with Crippen molar-refractivity contribution in [1.29, 1.82) is 0 Å². The molecule has 148 valence electrons. The summed E-state index contributed by atoms with van der Waals surface area (Å²) in [7, 11) is 1.70. The summed E-state index contributed by atoms with van der Waals surface area (Å²) >= 11 is 0. The lowest BCUT2D eigenvalue weighted by Crippen LogP contribution is -2.52. The summed E-state index contributed by atoms with van der Waals surface area (Å²) in [6, 6.07) is 10.6. The highest BCUT2D eigenvalue weighted by atomic mass is 16.2. The zero-order valence-electron chi connectivity index (χ0n) is 16.7. The monoisotopic (exact) mass is 371 g/mol. The molecule has 1 aromatic carbocycles. The van der Waals surface area contributed by atoms with Gasteiger partial charge in [-0.2, -0.15) is 0 Å². The minimum atomic E-state index is -0.0821. The number of nitrogens with zero attached hydrogens (tertiary/aromatic N) is 2. The van der Waals surface area contributed by atoms with Crippen LogP contribution in [0.4, 0.5) is 0 Å². The summed E-state index contributed by atoms with van der Waals surface area (Å²) in [4.78, 5) is 29.0. The van der Waals surface area contributed by atoms with Gasteiger partial charge in [-0.05, 0) is 63.6 Å². The number of nitrogens with one attached hydrogen (secondary N) is 1. The molecule has 2 aliphatic heterocycles. The number of benzene rings is 1. The Morgan fingerprint density at radius 2 is 1.67 bits per heavy atom. The van der Waals surface area contributed by atoms with Crippen LogP contribution in [0.1, 0.15) is 38.2 Å². The summed E-state index contributed by atoms with van der Waals surface area (Å²) in [5, 5.41) is 2.74. The van der Waals surface area contributed by atoms with Gasteiger partial charge < -0.3 is 10.2 Å². The van der Waals surface area contributed by atoms with E-state index < -0.39 is 0 Å². The van der Waals surface area contributed by atoms with Crippen molar-refractivity contribution < 1.29 is 9.59 Å². The lowest BCUT2D eigenvalue weighted by atomic mass is 9.90. The zero-order valence-corrected chi connectivity index (χ0v) is 16.7. The van der Waals surface area contributed by atoms with Gasteiger partial charge in [-0.25, -0.2) is 0 Å². The van der Waals surface area contributed by atoms with E-state index in [2.05, 4.69) is 45.4 Å². The molecule has 2 fully saturated rings. The van der Waals surface area contributed by atoms with Crippen LogP contribution in [0, 0.1) is 11.8 Å². The first-order valence-corrected chi connectivity index (χ1v) is 10.4. The van der Waals surface area contributed by atoms with Gasteiger partial charge in [-0.15, -0.1) is 0 Å². The van der Waals surface area contributed by atoms with E-state index in [1.807, 2.05) is 6.92 Å². The van der Waals surface area contributed by atoms with Crippen molar-refractivity contribution in [3.63, 3.8) is 0 Å². The first kappa shape index (κ1) is 19.9. The summed E-state index contributed by atoms with van der Waals surface area (Å²) in [5.74, 6) is 1.16. The van der Waals surface area contributed by atoms with Gasteiger partial charge >= 0.3 is 0 Å². The van der Waals surface area contributed by atoms with Gasteiger partial charge in [-0.1, -0.05) is 30.3 Å². The van der Waals surface area contributed by atoms with Crippen molar-refractivity contribution in [3.8, 4) is 0 Å². The molecule has 3 rings (SSSR count). The lowest BCUT2D eigenvalue weighted by Gasteiger charge is -2.39. The van der Waals surface area contributed by atoms with Crippen LogP contribution in [-0.4, -0.2) is 60.9 Å². The average Bonchev–Trinajstić information content (AvgIpc) is 2.73. The number of likely N-dealkylation sites (tertiary alicyclic amines) is 2. The normalized spacial score (nSPS) is 21.0. The van der Waals surface area contributed by atoms with Crippen LogP contribution in [0.2, 0.25) is 0 Å². The van der Waals surface area contributed by atoms with E-state index in [1.54, 1.807) is 7.05 Å². The maximum absolute atomic E-state index is 12.9. The quantitative estimate of drug-likeness (QED) is 0.864. The molecule has 0 radical (unpaired) electrons. The highest BCUT2D eigenvalue weighted by molar-refractivity contribution is 5.82. The number of hydrogen-bond donors (Lipinski definition) is 1. The number of amides is 2. The Balaban J connectivity index is 1.44. The Morgan fingerprint density at radius 1 is 1.04 bits per heavy atom. The molecule has 0 unspecified atom stereocenters. The number of carbonyl (C=O) groups is 2. The maximum atomic E-state index is 12.9. The number of carbonyl (C=O) groups excluding carboxylic acids is 2. The van der Waals surface area contributed by atoms with Gasteiger partial charge in [0.1, 0.15) is 0 Å². The summed E-state index contributed by atoms with van der Waals surface area (Å²) in [5.41, 5.74) is 1.40. The van der Waals surface area contributed by atoms with Crippen molar-refractivity contribution in [1.82, 2.24) is 15.1 Å². The van der Waals surface area contributed by atoms with E-state index in [0.717, 1.165) is 58.3 Å². The van der Waals surface area contributed by atoms with E-state index in [0.29, 0.717) is 5.92 Å². The Labute approximate surface area is 163 Å². The Morgan fingerprint density at radius 3 is 2.26 bits per heavy atom. The number of hydrogen-bond acceptors (Lipinski definition) is 3. The Kier molecular flexibility index (Phi) is 6.89. The van der Waals surface area contributed by atoms with Crippen LogP contribution in [0.15, 0.2) is 30.3 Å². The summed E-state index contributed by atoms with van der Waals surface area (Å²) < 4.78 is 0. The molecule has 0 spiro atoms. The van der Waals surface area contributed by atoms with E-state index in [1.165, 1.54) is 5.56 Å². The summed E-state index contributed by atoms with van der Waals surface area (Å²) in [6.45, 7) is 5.42. The molecule has 2 saturated heterocycles. The fourth-order valence-corrected chi connectivity index (χ4v) is 4.48. The minimum absolute atomic E-state index is 0.0821. The summed E-state index contributed by atoms with van der Waals surface area (Å²) in [6.07, 6.45) is 4.98. The van der Waals surface area contributed by atoms with Crippen LogP contribution < -0.4 is 5.32 Å². The molecule has 1 N–H and O–H groups in total. The molecule has 2 aliphatic rings. The molecule has 2 heterocycles. The van der Waals surface area contributed by atoms with E-state index in [9.17, 15) is 9.59 Å². The molecular formula is C22H33N3O2. The second kappa shape index (κ2) is 9.36. The molecule has 2 amide bonds. The molecule has 0 bridgehead atoms. The third kappa shape index (κ3) is 5.10. The second-order valence-corrected chi connectivity index (χ2v) is 8.06. The molecule has 1 atom stereocenters. The molecular weight excluding hydrogens is 338 g/mol. The third-order valence-corrected chi connectivity index (χ3v) is 6.35. The topological polar surface area (TPSA) is 52.7 Å². The smallest absolute Gasteiger partial charge is 0.239 e. The second-order valence-electron chi connectivity index (χ2n) is 8.06. The van der Waals surface area contributed by atoms with Crippen LogP contribution in [0.3, 0.4) is 0 Å². The van der Waals surface area contributed by atoms with E-state index >= 15 is 0 Å². The standard InChI is InChI=1S/C22H33N3O2/c1-17(24-14-10-20(11-15-24)21(26)23-2)22(27)25-12-8-19(9-13-25)16-18-6-4-3-5-7-18/h3-7,17,19-20H,8-16H2,1-2H3,(H,23,26)/t17-/m1/s1. The van der Waals surface area contributed by atoms with Crippen LogP contribution in [0.25, 0.3) is 0 Å². The Bertz CT molecular complexity index is 618. The molecule has 5 nitrogen and oxygen atoms in total. The largest absolute Gasteiger partial charge is 0.359 e. The van der Waals surface area contributed by atoms with Crippen molar-refractivity contribution in [3.05, 3.63) is 35.9 Å². The molecule has 0 saturated carbocycles. The SMILES string of the molecule is CNC(=O)C1CCN([C@H](C)C(=O)N2CCC(Cc3ccccc3)CC2)CC1. The molecule has 5 heteroatoms. The number of rotatable bonds is 5. The van der Waals surface area contributed by atoms with Gasteiger partial charge in [0.05, 0.1) is 6.04 Å². The van der Waals surface area contributed by atoms with Gasteiger partial charge in [-0.3, -0.25) is 14.5 Å².